The third-order valence-electron chi connectivity index (χ3n) is 3.71. The number of piperidine rings is 1. The van der Waals surface area contributed by atoms with E-state index in [4.69, 9.17) is 4.74 Å². The van der Waals surface area contributed by atoms with Gasteiger partial charge in [0.1, 0.15) is 0 Å². The van der Waals surface area contributed by atoms with Crippen LogP contribution in [-0.4, -0.2) is 75.4 Å². The average molecular weight is 257 g/mol. The van der Waals surface area contributed by atoms with Gasteiger partial charge in [0.05, 0.1) is 13.2 Å². The van der Waals surface area contributed by atoms with Gasteiger partial charge >= 0.3 is 0 Å². The van der Waals surface area contributed by atoms with Gasteiger partial charge in [-0.2, -0.15) is 0 Å². The Hall–Kier alpha value is -0.160. The Morgan fingerprint density at radius 1 is 1.33 bits per heavy atom. The smallest absolute Gasteiger partial charge is 0.0594 e. The van der Waals surface area contributed by atoms with Gasteiger partial charge in [0, 0.05) is 25.2 Å². The lowest BCUT2D eigenvalue weighted by Gasteiger charge is -2.37. The van der Waals surface area contributed by atoms with Crippen molar-refractivity contribution >= 4 is 0 Å². The van der Waals surface area contributed by atoms with Crippen LogP contribution in [0.1, 0.15) is 26.7 Å². The fourth-order valence-corrected chi connectivity index (χ4v) is 2.56. The van der Waals surface area contributed by atoms with Crippen LogP contribution in [0.2, 0.25) is 0 Å². The molecule has 1 N–H and O–H groups in total. The number of likely N-dealkylation sites (tertiary alicyclic amines) is 1. The Balaban J connectivity index is 2.08. The highest BCUT2D eigenvalue weighted by atomic mass is 16.5. The van der Waals surface area contributed by atoms with E-state index >= 15 is 0 Å². The van der Waals surface area contributed by atoms with Crippen LogP contribution in [0.3, 0.4) is 0 Å². The van der Waals surface area contributed by atoms with Gasteiger partial charge in [0.2, 0.25) is 0 Å². The summed E-state index contributed by atoms with van der Waals surface area (Å²) >= 11 is 0. The first-order valence-electron chi connectivity index (χ1n) is 7.33. The van der Waals surface area contributed by atoms with Gasteiger partial charge in [0.25, 0.3) is 0 Å². The molecule has 4 heteroatoms. The van der Waals surface area contributed by atoms with Crippen molar-refractivity contribution in [2.24, 2.45) is 0 Å². The van der Waals surface area contributed by atoms with Gasteiger partial charge in [-0.05, 0) is 47.0 Å². The second-order valence-electron chi connectivity index (χ2n) is 5.58. The van der Waals surface area contributed by atoms with Gasteiger partial charge in [-0.3, -0.25) is 4.90 Å². The van der Waals surface area contributed by atoms with Gasteiger partial charge in [-0.1, -0.05) is 6.92 Å². The first-order valence-corrected chi connectivity index (χ1v) is 7.33. The van der Waals surface area contributed by atoms with Gasteiger partial charge in [-0.25, -0.2) is 0 Å². The van der Waals surface area contributed by atoms with Crippen LogP contribution >= 0.6 is 0 Å². The average Bonchev–Trinajstić information content (AvgIpc) is 2.31. The Morgan fingerprint density at radius 2 is 2.11 bits per heavy atom. The zero-order valence-electron chi connectivity index (χ0n) is 12.6. The SMILES string of the molecule is CCNC1CCN(CCOCCN(C)C)C(C)C1. The van der Waals surface area contributed by atoms with E-state index in [1.54, 1.807) is 0 Å². The highest BCUT2D eigenvalue weighted by Crippen LogP contribution is 2.16. The Labute approximate surface area is 113 Å². The van der Waals surface area contributed by atoms with Crippen molar-refractivity contribution in [1.82, 2.24) is 15.1 Å². The first kappa shape index (κ1) is 15.9. The van der Waals surface area contributed by atoms with E-state index in [0.717, 1.165) is 38.9 Å². The Bertz CT molecular complexity index is 211. The van der Waals surface area contributed by atoms with Crippen molar-refractivity contribution in [3.05, 3.63) is 0 Å². The largest absolute Gasteiger partial charge is 0.379 e. The lowest BCUT2D eigenvalue weighted by atomic mass is 9.98. The van der Waals surface area contributed by atoms with Crippen LogP contribution in [0, 0.1) is 0 Å². The van der Waals surface area contributed by atoms with Crippen molar-refractivity contribution < 1.29 is 4.74 Å². The number of hydrogen-bond donors (Lipinski definition) is 1. The number of ether oxygens (including phenoxy) is 1. The summed E-state index contributed by atoms with van der Waals surface area (Å²) in [4.78, 5) is 4.72. The second-order valence-corrected chi connectivity index (χ2v) is 5.58. The summed E-state index contributed by atoms with van der Waals surface area (Å²) in [7, 11) is 4.16. The Kier molecular flexibility index (Phi) is 7.82. The number of nitrogens with zero attached hydrogens (tertiary/aromatic N) is 2. The van der Waals surface area contributed by atoms with Crippen LogP contribution in [0.25, 0.3) is 0 Å². The molecule has 0 bridgehead atoms. The molecule has 4 nitrogen and oxygen atoms in total. The van der Waals surface area contributed by atoms with Gasteiger partial charge < -0.3 is 15.0 Å². The fourth-order valence-electron chi connectivity index (χ4n) is 2.56. The molecule has 1 rings (SSSR count). The molecule has 108 valence electrons. The van der Waals surface area contributed by atoms with E-state index in [9.17, 15) is 0 Å². The summed E-state index contributed by atoms with van der Waals surface area (Å²) in [5.74, 6) is 0. The number of likely N-dealkylation sites (N-methyl/N-ethyl adjacent to an activating group) is 1. The van der Waals surface area contributed by atoms with Crippen LogP contribution < -0.4 is 5.32 Å². The van der Waals surface area contributed by atoms with E-state index in [-0.39, 0.29) is 0 Å². The van der Waals surface area contributed by atoms with Crippen LogP contribution in [-0.2, 0) is 4.74 Å². The maximum absolute atomic E-state index is 5.67. The van der Waals surface area contributed by atoms with Crippen LogP contribution in [0.4, 0.5) is 0 Å². The highest BCUT2D eigenvalue weighted by molar-refractivity contribution is 4.82. The molecule has 18 heavy (non-hydrogen) atoms. The minimum atomic E-state index is 0.681. The molecule has 1 fully saturated rings. The van der Waals surface area contributed by atoms with Gasteiger partial charge in [0.15, 0.2) is 0 Å². The number of hydrogen-bond acceptors (Lipinski definition) is 4. The maximum atomic E-state index is 5.67. The van der Waals surface area contributed by atoms with Gasteiger partial charge in [-0.15, -0.1) is 0 Å². The summed E-state index contributed by atoms with van der Waals surface area (Å²) in [5, 5.41) is 3.56. The molecule has 0 saturated carbocycles. The van der Waals surface area contributed by atoms with E-state index in [2.05, 4.69) is 43.1 Å². The third kappa shape index (κ3) is 6.14. The summed E-state index contributed by atoms with van der Waals surface area (Å²) in [6.45, 7) is 10.6. The molecule has 0 aromatic heterocycles. The molecule has 2 atom stereocenters. The monoisotopic (exact) mass is 257 g/mol. The molecule has 0 aromatic rings. The van der Waals surface area contributed by atoms with Crippen molar-refractivity contribution in [2.75, 3.05) is 53.5 Å². The van der Waals surface area contributed by atoms with E-state index < -0.39 is 0 Å². The molecule has 1 saturated heterocycles. The van der Waals surface area contributed by atoms with E-state index in [1.165, 1.54) is 19.4 Å². The summed E-state index contributed by atoms with van der Waals surface area (Å²) in [6.07, 6.45) is 2.54. The minimum Gasteiger partial charge on any atom is -0.379 e. The Morgan fingerprint density at radius 3 is 2.72 bits per heavy atom. The molecule has 0 aromatic carbocycles. The van der Waals surface area contributed by atoms with Crippen LogP contribution in [0.5, 0.6) is 0 Å². The number of nitrogens with one attached hydrogen (secondary N) is 1. The number of rotatable bonds is 8. The third-order valence-corrected chi connectivity index (χ3v) is 3.71. The molecule has 1 aliphatic heterocycles. The highest BCUT2D eigenvalue weighted by Gasteiger charge is 2.24. The zero-order valence-corrected chi connectivity index (χ0v) is 12.6. The van der Waals surface area contributed by atoms with Crippen molar-refractivity contribution in [3.8, 4) is 0 Å². The van der Waals surface area contributed by atoms with Crippen LogP contribution in [0.15, 0.2) is 0 Å². The summed E-state index contributed by atoms with van der Waals surface area (Å²) in [6, 6.07) is 1.40. The topological polar surface area (TPSA) is 27.7 Å². The lowest BCUT2D eigenvalue weighted by molar-refractivity contribution is 0.0632. The molecular weight excluding hydrogens is 226 g/mol. The molecule has 0 radical (unpaired) electrons. The standard InChI is InChI=1S/C14H31N3O/c1-5-15-14-6-7-17(13(2)12-14)9-11-18-10-8-16(3)4/h13-15H,5-12H2,1-4H3. The maximum Gasteiger partial charge on any atom is 0.0594 e. The van der Waals surface area contributed by atoms with E-state index in [1.807, 2.05) is 0 Å². The summed E-state index contributed by atoms with van der Waals surface area (Å²) in [5.41, 5.74) is 0. The fraction of sp³-hybridized carbons (Fsp3) is 1.00. The first-order chi connectivity index (χ1) is 8.63. The molecule has 0 spiro atoms. The lowest BCUT2D eigenvalue weighted by Crippen LogP contribution is -2.48. The van der Waals surface area contributed by atoms with Crippen molar-refractivity contribution in [2.45, 2.75) is 38.8 Å². The second kappa shape index (κ2) is 8.86. The summed E-state index contributed by atoms with van der Waals surface area (Å²) < 4.78 is 5.67. The quantitative estimate of drug-likeness (QED) is 0.657. The molecular formula is C14H31N3O. The normalized spacial score (nSPS) is 25.8. The predicted molar refractivity (Wildman–Crippen MR) is 77.1 cm³/mol. The molecule has 2 unspecified atom stereocenters. The van der Waals surface area contributed by atoms with Crippen molar-refractivity contribution in [3.63, 3.8) is 0 Å². The molecule has 1 aliphatic rings. The molecule has 0 amide bonds. The van der Waals surface area contributed by atoms with Crippen molar-refractivity contribution in [1.29, 1.82) is 0 Å². The zero-order chi connectivity index (χ0) is 13.4. The molecule has 1 heterocycles. The predicted octanol–water partition coefficient (Wildman–Crippen LogP) is 1.03. The molecule has 0 aliphatic carbocycles. The van der Waals surface area contributed by atoms with E-state index in [0.29, 0.717) is 6.04 Å². The minimum absolute atomic E-state index is 0.681.